The normalized spacial score (nSPS) is 32.7. The van der Waals surface area contributed by atoms with Crippen LogP contribution in [0, 0.1) is 5.41 Å². The molecule has 2 aliphatic rings. The lowest BCUT2D eigenvalue weighted by Gasteiger charge is -2.47. The van der Waals surface area contributed by atoms with Gasteiger partial charge in [-0.05, 0) is 31.1 Å². The zero-order chi connectivity index (χ0) is 15.1. The van der Waals surface area contributed by atoms with E-state index in [0.717, 1.165) is 19.4 Å². The van der Waals surface area contributed by atoms with Gasteiger partial charge in [-0.3, -0.25) is 9.80 Å². The minimum Gasteiger partial charge on any atom is -0.480 e. The van der Waals surface area contributed by atoms with E-state index in [2.05, 4.69) is 0 Å². The quantitative estimate of drug-likeness (QED) is 0.744. The summed E-state index contributed by atoms with van der Waals surface area (Å²) >= 11 is 0. The second-order valence-electron chi connectivity index (χ2n) is 6.92. The number of carboxylic acid groups (broad SMARTS) is 1. The van der Waals surface area contributed by atoms with Crippen LogP contribution in [0.3, 0.4) is 0 Å². The molecule has 0 aromatic carbocycles. The van der Waals surface area contributed by atoms with Gasteiger partial charge in [-0.25, -0.2) is 9.80 Å². The van der Waals surface area contributed by atoms with E-state index in [1.54, 1.807) is 0 Å². The van der Waals surface area contributed by atoms with Crippen molar-refractivity contribution in [2.24, 2.45) is 11.1 Å². The molecule has 0 aromatic rings. The summed E-state index contributed by atoms with van der Waals surface area (Å²) < 4.78 is 0. The Hall–Kier alpha value is -1.14. The van der Waals surface area contributed by atoms with Gasteiger partial charge in [0.05, 0.1) is 0 Å². The standard InChI is InChI=1S/C14H25N3O3/c1-13(2,3)14(15)7-5-9-16-8-4-6-10(11(18)19)17(16)12(14)20/h10H,4-9,15H2,1-3H3,(H,18,19)/t10-,14+/m0/s1. The first-order chi connectivity index (χ1) is 9.18. The van der Waals surface area contributed by atoms with Crippen LogP contribution < -0.4 is 5.73 Å². The van der Waals surface area contributed by atoms with Crippen LogP contribution in [0.4, 0.5) is 0 Å². The number of carbonyl (C=O) groups excluding carboxylic acids is 1. The number of amides is 1. The van der Waals surface area contributed by atoms with Gasteiger partial charge in [0.25, 0.3) is 5.91 Å². The van der Waals surface area contributed by atoms with Crippen LogP contribution in [0.5, 0.6) is 0 Å². The molecule has 2 atom stereocenters. The number of rotatable bonds is 1. The van der Waals surface area contributed by atoms with Gasteiger partial charge in [-0.1, -0.05) is 20.8 Å². The summed E-state index contributed by atoms with van der Waals surface area (Å²) in [7, 11) is 0. The lowest BCUT2D eigenvalue weighted by molar-refractivity contribution is -0.178. The second-order valence-corrected chi connectivity index (χ2v) is 6.92. The van der Waals surface area contributed by atoms with Crippen molar-refractivity contribution in [2.45, 2.75) is 58.0 Å². The van der Waals surface area contributed by atoms with Crippen LogP contribution in [-0.2, 0) is 9.59 Å². The van der Waals surface area contributed by atoms with Crippen molar-refractivity contribution in [1.29, 1.82) is 0 Å². The Labute approximate surface area is 119 Å². The number of nitrogens with two attached hydrogens (primary N) is 1. The van der Waals surface area contributed by atoms with Crippen molar-refractivity contribution >= 4 is 11.9 Å². The number of nitrogens with zero attached hydrogens (tertiary/aromatic N) is 2. The summed E-state index contributed by atoms with van der Waals surface area (Å²) in [5, 5.41) is 12.7. The molecule has 2 heterocycles. The number of hydrogen-bond donors (Lipinski definition) is 2. The maximum atomic E-state index is 13.0. The average molecular weight is 283 g/mol. The van der Waals surface area contributed by atoms with Gasteiger partial charge in [0, 0.05) is 13.1 Å². The summed E-state index contributed by atoms with van der Waals surface area (Å²) in [5.41, 5.74) is 5.03. The van der Waals surface area contributed by atoms with Gasteiger partial charge < -0.3 is 10.8 Å². The van der Waals surface area contributed by atoms with E-state index in [9.17, 15) is 14.7 Å². The van der Waals surface area contributed by atoms with E-state index in [1.807, 2.05) is 25.8 Å². The SMILES string of the molecule is CC(C)(C)[C@@]1(N)CCCN2CCC[C@@H](C(=O)O)N2C1=O. The Morgan fingerprint density at radius 3 is 2.50 bits per heavy atom. The molecule has 0 aliphatic carbocycles. The number of aliphatic carboxylic acids is 1. The van der Waals surface area contributed by atoms with Crippen molar-refractivity contribution in [3.63, 3.8) is 0 Å². The third-order valence-electron chi connectivity index (χ3n) is 4.69. The molecule has 0 radical (unpaired) electrons. The van der Waals surface area contributed by atoms with Crippen LogP contribution in [0.15, 0.2) is 0 Å². The van der Waals surface area contributed by atoms with Crippen molar-refractivity contribution in [3.05, 3.63) is 0 Å². The molecule has 6 nitrogen and oxygen atoms in total. The highest BCUT2D eigenvalue weighted by Gasteiger charge is 2.52. The first kappa shape index (κ1) is 15.3. The third-order valence-corrected chi connectivity index (χ3v) is 4.69. The largest absolute Gasteiger partial charge is 0.480 e. The summed E-state index contributed by atoms with van der Waals surface area (Å²) in [5.74, 6) is -1.18. The van der Waals surface area contributed by atoms with E-state index in [1.165, 1.54) is 5.01 Å². The molecular weight excluding hydrogens is 258 g/mol. The molecule has 0 unspecified atom stereocenters. The molecule has 0 saturated carbocycles. The molecule has 0 aromatic heterocycles. The molecule has 2 saturated heterocycles. The molecule has 0 bridgehead atoms. The van der Waals surface area contributed by atoms with Gasteiger partial charge in [0.2, 0.25) is 0 Å². The molecule has 20 heavy (non-hydrogen) atoms. The highest BCUT2D eigenvalue weighted by molar-refractivity contribution is 5.90. The fraction of sp³-hybridized carbons (Fsp3) is 0.857. The Kier molecular flexibility index (Phi) is 3.81. The number of hydrazine groups is 1. The minimum atomic E-state index is -1.01. The number of hydrogen-bond acceptors (Lipinski definition) is 4. The van der Waals surface area contributed by atoms with Crippen molar-refractivity contribution < 1.29 is 14.7 Å². The molecule has 1 amide bonds. The van der Waals surface area contributed by atoms with Crippen molar-refractivity contribution in [1.82, 2.24) is 10.0 Å². The van der Waals surface area contributed by atoms with Crippen LogP contribution >= 0.6 is 0 Å². The molecule has 6 heteroatoms. The highest BCUT2D eigenvalue weighted by Crippen LogP contribution is 2.38. The van der Waals surface area contributed by atoms with Crippen LogP contribution in [0.1, 0.15) is 46.5 Å². The third kappa shape index (κ3) is 2.31. The Balaban J connectivity index is 2.41. The van der Waals surface area contributed by atoms with Crippen molar-refractivity contribution in [3.8, 4) is 0 Å². The Bertz CT molecular complexity index is 418. The number of fused-ring (bicyclic) bond motifs is 1. The van der Waals surface area contributed by atoms with E-state index in [-0.39, 0.29) is 5.91 Å². The number of carboxylic acids is 1. The molecule has 0 spiro atoms. The van der Waals surface area contributed by atoms with Crippen molar-refractivity contribution in [2.75, 3.05) is 13.1 Å². The molecule has 2 aliphatic heterocycles. The Morgan fingerprint density at radius 1 is 1.35 bits per heavy atom. The van der Waals surface area contributed by atoms with Gasteiger partial charge >= 0.3 is 5.97 Å². The summed E-state index contributed by atoms with van der Waals surface area (Å²) in [4.78, 5) is 24.4. The molecule has 2 fully saturated rings. The first-order valence-corrected chi connectivity index (χ1v) is 7.29. The number of carbonyl (C=O) groups is 2. The highest BCUT2D eigenvalue weighted by atomic mass is 16.4. The second kappa shape index (κ2) is 5.00. The summed E-state index contributed by atoms with van der Waals surface area (Å²) in [6.07, 6.45) is 2.70. The predicted molar refractivity (Wildman–Crippen MR) is 74.7 cm³/mol. The smallest absolute Gasteiger partial charge is 0.328 e. The maximum Gasteiger partial charge on any atom is 0.328 e. The van der Waals surface area contributed by atoms with Crippen LogP contribution in [0.2, 0.25) is 0 Å². The Morgan fingerprint density at radius 2 is 1.95 bits per heavy atom. The summed E-state index contributed by atoms with van der Waals surface area (Å²) in [6.45, 7) is 7.27. The van der Waals surface area contributed by atoms with Gasteiger partial charge in [0.15, 0.2) is 0 Å². The van der Waals surface area contributed by atoms with E-state index in [4.69, 9.17) is 5.73 Å². The van der Waals surface area contributed by atoms with Crippen LogP contribution in [-0.4, -0.2) is 51.7 Å². The monoisotopic (exact) mass is 283 g/mol. The zero-order valence-electron chi connectivity index (χ0n) is 12.6. The summed E-state index contributed by atoms with van der Waals surface area (Å²) in [6, 6.07) is -0.778. The first-order valence-electron chi connectivity index (χ1n) is 7.29. The molecular formula is C14H25N3O3. The molecule has 3 N–H and O–H groups in total. The predicted octanol–water partition coefficient (Wildman–Crippen LogP) is 0.816. The molecule has 2 rings (SSSR count). The van der Waals surface area contributed by atoms with Gasteiger partial charge in [0.1, 0.15) is 11.6 Å². The van der Waals surface area contributed by atoms with E-state index < -0.39 is 23.0 Å². The fourth-order valence-electron chi connectivity index (χ4n) is 3.16. The van der Waals surface area contributed by atoms with Gasteiger partial charge in [-0.2, -0.15) is 0 Å². The maximum absolute atomic E-state index is 13.0. The minimum absolute atomic E-state index is 0.241. The fourth-order valence-corrected chi connectivity index (χ4v) is 3.16. The molecule has 114 valence electrons. The topological polar surface area (TPSA) is 86.9 Å². The average Bonchev–Trinajstić information content (AvgIpc) is 2.48. The lowest BCUT2D eigenvalue weighted by Crippen LogP contribution is -2.67. The lowest BCUT2D eigenvalue weighted by atomic mass is 9.71. The van der Waals surface area contributed by atoms with Gasteiger partial charge in [-0.15, -0.1) is 0 Å². The van der Waals surface area contributed by atoms with E-state index in [0.29, 0.717) is 19.4 Å². The van der Waals surface area contributed by atoms with Crippen LogP contribution in [0.25, 0.3) is 0 Å². The van der Waals surface area contributed by atoms with E-state index >= 15 is 0 Å². The zero-order valence-corrected chi connectivity index (χ0v) is 12.6.